The Bertz CT molecular complexity index is 675. The Morgan fingerprint density at radius 2 is 2.43 bits per heavy atom. The van der Waals surface area contributed by atoms with Crippen LogP contribution in [0.15, 0.2) is 30.6 Å². The highest BCUT2D eigenvalue weighted by Gasteiger charge is 2.20. The number of carbonyl (C=O) groups is 1. The van der Waals surface area contributed by atoms with E-state index in [0.29, 0.717) is 19.7 Å². The number of carbonyl (C=O) groups excluding carboxylic acids is 1. The lowest BCUT2D eigenvalue weighted by atomic mass is 10.00. The first-order valence-corrected chi connectivity index (χ1v) is 7.33. The Morgan fingerprint density at radius 3 is 3.19 bits per heavy atom. The summed E-state index contributed by atoms with van der Waals surface area (Å²) in [5, 5.41) is 1.13. The Labute approximate surface area is 123 Å². The minimum absolute atomic E-state index is 0.215. The van der Waals surface area contributed by atoms with Gasteiger partial charge in [0.05, 0.1) is 6.61 Å². The molecular weight excluding hydrogens is 266 g/mol. The molecule has 0 aromatic carbocycles. The predicted octanol–water partition coefficient (Wildman–Crippen LogP) is 3.20. The summed E-state index contributed by atoms with van der Waals surface area (Å²) in [5.41, 5.74) is 3.34. The van der Waals surface area contributed by atoms with Crippen LogP contribution in [-0.4, -0.2) is 40.7 Å². The van der Waals surface area contributed by atoms with Crippen LogP contribution < -0.4 is 0 Å². The van der Waals surface area contributed by atoms with Crippen LogP contribution in [-0.2, 0) is 4.74 Å². The van der Waals surface area contributed by atoms with Gasteiger partial charge in [0, 0.05) is 36.4 Å². The highest BCUT2D eigenvalue weighted by Crippen LogP contribution is 2.28. The molecule has 0 spiro atoms. The lowest BCUT2D eigenvalue weighted by Crippen LogP contribution is -2.35. The summed E-state index contributed by atoms with van der Waals surface area (Å²) in [6.07, 6.45) is 7.35. The third-order valence-electron chi connectivity index (χ3n) is 3.69. The molecule has 2 aromatic heterocycles. The van der Waals surface area contributed by atoms with Crippen molar-refractivity contribution in [3.8, 4) is 0 Å². The van der Waals surface area contributed by atoms with Gasteiger partial charge in [-0.3, -0.25) is 0 Å². The van der Waals surface area contributed by atoms with Gasteiger partial charge in [-0.05, 0) is 30.5 Å². The first-order valence-electron chi connectivity index (χ1n) is 7.33. The summed E-state index contributed by atoms with van der Waals surface area (Å²) in [6, 6.07) is 4.01. The second-order valence-corrected chi connectivity index (χ2v) is 5.14. The summed E-state index contributed by atoms with van der Waals surface area (Å²) in [7, 11) is 0. The van der Waals surface area contributed by atoms with E-state index in [1.165, 1.54) is 11.1 Å². The molecule has 1 N–H and O–H groups in total. The van der Waals surface area contributed by atoms with Crippen molar-refractivity contribution in [1.82, 2.24) is 14.9 Å². The Morgan fingerprint density at radius 1 is 1.52 bits per heavy atom. The Balaban J connectivity index is 1.74. The topological polar surface area (TPSA) is 58.2 Å². The van der Waals surface area contributed by atoms with Crippen LogP contribution in [0, 0.1) is 0 Å². The average Bonchev–Trinajstić information content (AvgIpc) is 2.97. The average molecular weight is 285 g/mol. The van der Waals surface area contributed by atoms with Crippen LogP contribution in [0.5, 0.6) is 0 Å². The second-order valence-electron chi connectivity index (χ2n) is 5.14. The van der Waals surface area contributed by atoms with Crippen LogP contribution in [0.3, 0.4) is 0 Å². The largest absolute Gasteiger partial charge is 0.449 e. The fourth-order valence-electron chi connectivity index (χ4n) is 2.58. The molecule has 0 bridgehead atoms. The zero-order valence-corrected chi connectivity index (χ0v) is 12.1. The third kappa shape index (κ3) is 2.77. The Kier molecular flexibility index (Phi) is 3.90. The van der Waals surface area contributed by atoms with E-state index in [4.69, 9.17) is 4.74 Å². The summed E-state index contributed by atoms with van der Waals surface area (Å²) >= 11 is 0. The van der Waals surface area contributed by atoms with Gasteiger partial charge >= 0.3 is 6.09 Å². The fourth-order valence-corrected chi connectivity index (χ4v) is 2.58. The van der Waals surface area contributed by atoms with Gasteiger partial charge in [-0.2, -0.15) is 0 Å². The van der Waals surface area contributed by atoms with Gasteiger partial charge in [0.2, 0.25) is 0 Å². The number of aromatic amines is 1. The van der Waals surface area contributed by atoms with Crippen molar-refractivity contribution in [3.05, 3.63) is 36.2 Å². The van der Waals surface area contributed by atoms with Crippen LogP contribution >= 0.6 is 0 Å². The maximum absolute atomic E-state index is 11.8. The zero-order chi connectivity index (χ0) is 14.7. The number of hydrogen-bond acceptors (Lipinski definition) is 3. The van der Waals surface area contributed by atoms with Crippen molar-refractivity contribution in [1.29, 1.82) is 0 Å². The van der Waals surface area contributed by atoms with Gasteiger partial charge in [0.25, 0.3) is 0 Å². The van der Waals surface area contributed by atoms with E-state index in [1.807, 2.05) is 19.2 Å². The lowest BCUT2D eigenvalue weighted by molar-refractivity contribution is 0.106. The van der Waals surface area contributed by atoms with E-state index in [2.05, 4.69) is 22.1 Å². The molecular formula is C16H19N3O2. The number of rotatable bonds is 3. The van der Waals surface area contributed by atoms with Gasteiger partial charge < -0.3 is 14.6 Å². The molecule has 0 aliphatic carbocycles. The quantitative estimate of drug-likeness (QED) is 0.942. The van der Waals surface area contributed by atoms with Crippen LogP contribution in [0.1, 0.15) is 25.3 Å². The molecule has 5 heteroatoms. The van der Waals surface area contributed by atoms with Crippen molar-refractivity contribution in [3.63, 3.8) is 0 Å². The summed E-state index contributed by atoms with van der Waals surface area (Å²) in [5.74, 6) is 0. The summed E-state index contributed by atoms with van der Waals surface area (Å²) in [4.78, 5) is 21.1. The molecule has 21 heavy (non-hydrogen) atoms. The molecule has 3 heterocycles. The molecule has 0 radical (unpaired) electrons. The fraction of sp³-hybridized carbons (Fsp3) is 0.375. The normalized spacial score (nSPS) is 15.1. The van der Waals surface area contributed by atoms with Crippen molar-refractivity contribution in [2.45, 2.75) is 19.8 Å². The standard InChI is InChI=1S/C16H19N3O2/c1-2-10-21-16(20)19-8-5-12(6-9-19)14-11-18-15-13(14)4-3-7-17-15/h3-5,7,11H,2,6,8-10H2,1H3,(H,17,18). The van der Waals surface area contributed by atoms with Crippen molar-refractivity contribution in [2.24, 2.45) is 0 Å². The zero-order valence-electron chi connectivity index (χ0n) is 12.1. The Hall–Kier alpha value is -2.30. The molecule has 3 rings (SSSR count). The smallest absolute Gasteiger partial charge is 0.410 e. The number of fused-ring (bicyclic) bond motifs is 1. The van der Waals surface area contributed by atoms with Crippen molar-refractivity contribution >= 4 is 22.7 Å². The number of hydrogen-bond donors (Lipinski definition) is 1. The van der Waals surface area contributed by atoms with Crippen LogP contribution in [0.25, 0.3) is 16.6 Å². The van der Waals surface area contributed by atoms with Gasteiger partial charge in [0.1, 0.15) is 5.65 Å². The van der Waals surface area contributed by atoms with E-state index >= 15 is 0 Å². The van der Waals surface area contributed by atoms with E-state index in [9.17, 15) is 4.79 Å². The van der Waals surface area contributed by atoms with Crippen molar-refractivity contribution in [2.75, 3.05) is 19.7 Å². The van der Waals surface area contributed by atoms with E-state index in [-0.39, 0.29) is 6.09 Å². The number of pyridine rings is 1. The molecule has 110 valence electrons. The van der Waals surface area contributed by atoms with E-state index in [0.717, 1.165) is 23.9 Å². The summed E-state index contributed by atoms with van der Waals surface area (Å²) in [6.45, 7) is 3.78. The van der Waals surface area contributed by atoms with Gasteiger partial charge in [0.15, 0.2) is 0 Å². The predicted molar refractivity (Wildman–Crippen MR) is 81.9 cm³/mol. The first kappa shape index (κ1) is 13.7. The maximum Gasteiger partial charge on any atom is 0.410 e. The number of nitrogens with zero attached hydrogens (tertiary/aromatic N) is 2. The van der Waals surface area contributed by atoms with Gasteiger partial charge in [-0.15, -0.1) is 0 Å². The number of aromatic nitrogens is 2. The van der Waals surface area contributed by atoms with Crippen LogP contribution in [0.2, 0.25) is 0 Å². The maximum atomic E-state index is 11.8. The monoisotopic (exact) mass is 285 g/mol. The molecule has 0 saturated carbocycles. The highest BCUT2D eigenvalue weighted by molar-refractivity contribution is 5.91. The molecule has 1 aliphatic rings. The minimum atomic E-state index is -0.215. The molecule has 1 amide bonds. The molecule has 0 atom stereocenters. The van der Waals surface area contributed by atoms with Crippen LogP contribution in [0.4, 0.5) is 4.79 Å². The number of amides is 1. The van der Waals surface area contributed by atoms with E-state index in [1.54, 1.807) is 11.1 Å². The lowest BCUT2D eigenvalue weighted by Gasteiger charge is -2.25. The first-order chi connectivity index (χ1) is 10.3. The number of nitrogens with one attached hydrogen (secondary N) is 1. The summed E-state index contributed by atoms with van der Waals surface area (Å²) < 4.78 is 5.17. The molecule has 2 aromatic rings. The number of H-pyrrole nitrogens is 1. The molecule has 0 saturated heterocycles. The third-order valence-corrected chi connectivity index (χ3v) is 3.69. The van der Waals surface area contributed by atoms with Gasteiger partial charge in [-0.25, -0.2) is 9.78 Å². The molecule has 0 fully saturated rings. The van der Waals surface area contributed by atoms with E-state index < -0.39 is 0 Å². The van der Waals surface area contributed by atoms with Gasteiger partial charge in [-0.1, -0.05) is 13.0 Å². The molecule has 1 aliphatic heterocycles. The number of ether oxygens (including phenoxy) is 1. The molecule has 0 unspecified atom stereocenters. The highest BCUT2D eigenvalue weighted by atomic mass is 16.6. The minimum Gasteiger partial charge on any atom is -0.449 e. The second kappa shape index (κ2) is 5.99. The SMILES string of the molecule is CCCOC(=O)N1CC=C(c2c[nH]c3ncccc23)CC1. The molecule has 5 nitrogen and oxygen atoms in total. The van der Waals surface area contributed by atoms with Crippen molar-refractivity contribution < 1.29 is 9.53 Å².